The lowest BCUT2D eigenvalue weighted by Gasteiger charge is -2.37. The number of unbranched alkanes of at least 4 members (excludes halogenated alkanes) is 3. The average molecular weight is 491 g/mol. The van der Waals surface area contributed by atoms with Gasteiger partial charge in [-0.05, 0) is 44.4 Å². The first-order valence-electron chi connectivity index (χ1n) is 13.4. The van der Waals surface area contributed by atoms with E-state index in [9.17, 15) is 14.4 Å². The van der Waals surface area contributed by atoms with Gasteiger partial charge in [-0.2, -0.15) is 0 Å². The molecule has 1 heterocycles. The number of amides is 2. The molecule has 1 aliphatic heterocycles. The summed E-state index contributed by atoms with van der Waals surface area (Å²) in [5.74, 6) is -0.789. The van der Waals surface area contributed by atoms with Crippen molar-refractivity contribution in [3.63, 3.8) is 0 Å². The number of nitrogens with zero attached hydrogens (tertiary/aromatic N) is 2. The predicted molar refractivity (Wildman–Crippen MR) is 143 cm³/mol. The zero-order valence-electron chi connectivity index (χ0n) is 21.7. The van der Waals surface area contributed by atoms with Crippen molar-refractivity contribution in [2.24, 2.45) is 0 Å². The predicted octanol–water partition coefficient (Wildman–Crippen LogP) is 6.27. The fraction of sp³-hybridized carbons (Fsp3) is 0.500. The molecule has 2 aliphatic rings. The highest BCUT2D eigenvalue weighted by Crippen LogP contribution is 2.38. The maximum atomic E-state index is 13.4. The number of rotatable bonds is 11. The van der Waals surface area contributed by atoms with E-state index >= 15 is 0 Å². The van der Waals surface area contributed by atoms with Crippen molar-refractivity contribution >= 4 is 34.2 Å². The van der Waals surface area contributed by atoms with Crippen LogP contribution in [0.25, 0.3) is 10.8 Å². The summed E-state index contributed by atoms with van der Waals surface area (Å²) in [5.41, 5.74) is 2.57. The fourth-order valence-electron chi connectivity index (χ4n) is 5.53. The van der Waals surface area contributed by atoms with E-state index in [1.165, 1.54) is 11.3 Å². The Kier molecular flexibility index (Phi) is 8.44. The highest BCUT2D eigenvalue weighted by Gasteiger charge is 2.34. The molecule has 2 aromatic carbocycles. The number of hydrogen-bond acceptors (Lipinski definition) is 5. The number of imide groups is 1. The number of carbonyl (C=O) groups excluding carboxylic acids is 3. The number of hydrogen-bond donors (Lipinski definition) is 0. The van der Waals surface area contributed by atoms with Crippen molar-refractivity contribution < 1.29 is 19.1 Å². The molecule has 6 heteroatoms. The van der Waals surface area contributed by atoms with Gasteiger partial charge >= 0.3 is 5.97 Å². The summed E-state index contributed by atoms with van der Waals surface area (Å²) in [7, 11) is 0. The molecule has 0 spiro atoms. The lowest BCUT2D eigenvalue weighted by atomic mass is 9.90. The van der Waals surface area contributed by atoms with Gasteiger partial charge in [0.1, 0.15) is 6.61 Å². The molecule has 1 saturated carbocycles. The zero-order chi connectivity index (χ0) is 25.7. The Hall–Kier alpha value is -3.15. The quantitative estimate of drug-likeness (QED) is 0.161. The molecular weight excluding hydrogens is 452 g/mol. The number of esters is 1. The largest absolute Gasteiger partial charge is 0.460 e. The highest BCUT2D eigenvalue weighted by molar-refractivity contribution is 6.26. The van der Waals surface area contributed by atoms with E-state index in [-0.39, 0.29) is 24.4 Å². The second-order valence-electron chi connectivity index (χ2n) is 10.1. The summed E-state index contributed by atoms with van der Waals surface area (Å²) >= 11 is 0. The minimum atomic E-state index is -0.384. The molecule has 36 heavy (non-hydrogen) atoms. The monoisotopic (exact) mass is 490 g/mol. The Bertz CT molecular complexity index is 1130. The topological polar surface area (TPSA) is 66.9 Å². The van der Waals surface area contributed by atoms with Gasteiger partial charge in [-0.1, -0.05) is 64.2 Å². The maximum absolute atomic E-state index is 13.4. The maximum Gasteiger partial charge on any atom is 0.333 e. The molecule has 0 N–H and O–H groups in total. The number of benzene rings is 2. The molecule has 0 bridgehead atoms. The van der Waals surface area contributed by atoms with Crippen LogP contribution < -0.4 is 4.90 Å². The Labute approximate surface area is 214 Å². The van der Waals surface area contributed by atoms with Crippen molar-refractivity contribution in [3.05, 3.63) is 53.6 Å². The second-order valence-corrected chi connectivity index (χ2v) is 10.1. The van der Waals surface area contributed by atoms with Gasteiger partial charge in [0.05, 0.1) is 6.54 Å². The summed E-state index contributed by atoms with van der Waals surface area (Å²) in [5, 5.41) is 1.66. The minimum Gasteiger partial charge on any atom is -0.460 e. The molecule has 0 atom stereocenters. The van der Waals surface area contributed by atoms with Crippen LogP contribution in [0.3, 0.4) is 0 Å². The molecule has 0 saturated heterocycles. The van der Waals surface area contributed by atoms with E-state index in [1.807, 2.05) is 30.3 Å². The first-order valence-corrected chi connectivity index (χ1v) is 13.4. The summed E-state index contributed by atoms with van der Waals surface area (Å²) < 4.78 is 5.45. The first kappa shape index (κ1) is 25.9. The van der Waals surface area contributed by atoms with E-state index in [0.29, 0.717) is 35.8 Å². The van der Waals surface area contributed by atoms with Crippen LogP contribution in [0.4, 0.5) is 5.69 Å². The lowest BCUT2D eigenvalue weighted by Crippen LogP contribution is -2.42. The van der Waals surface area contributed by atoms with Crippen LogP contribution in [0.1, 0.15) is 92.4 Å². The average Bonchev–Trinajstić information content (AvgIpc) is 2.89. The van der Waals surface area contributed by atoms with Crippen LogP contribution in [0.2, 0.25) is 0 Å². The third-order valence-corrected chi connectivity index (χ3v) is 7.44. The Morgan fingerprint density at radius 2 is 1.75 bits per heavy atom. The van der Waals surface area contributed by atoms with Crippen molar-refractivity contribution in [3.8, 4) is 0 Å². The molecule has 2 amide bonds. The molecule has 0 unspecified atom stereocenters. The van der Waals surface area contributed by atoms with Crippen LogP contribution >= 0.6 is 0 Å². The smallest absolute Gasteiger partial charge is 0.333 e. The van der Waals surface area contributed by atoms with Crippen molar-refractivity contribution in [1.82, 2.24) is 4.90 Å². The van der Waals surface area contributed by atoms with Gasteiger partial charge < -0.3 is 9.64 Å². The number of anilines is 1. The van der Waals surface area contributed by atoms with Crippen molar-refractivity contribution in [1.29, 1.82) is 0 Å². The first-order chi connectivity index (χ1) is 17.4. The van der Waals surface area contributed by atoms with Gasteiger partial charge in [-0.15, -0.1) is 0 Å². The van der Waals surface area contributed by atoms with Gasteiger partial charge in [-0.25, -0.2) is 4.79 Å². The van der Waals surface area contributed by atoms with Gasteiger partial charge in [0.25, 0.3) is 11.8 Å². The third-order valence-electron chi connectivity index (χ3n) is 7.44. The van der Waals surface area contributed by atoms with E-state index in [0.717, 1.165) is 67.8 Å². The Morgan fingerprint density at radius 1 is 1.03 bits per heavy atom. The molecule has 192 valence electrons. The fourth-order valence-corrected chi connectivity index (χ4v) is 5.53. The van der Waals surface area contributed by atoms with E-state index in [2.05, 4.69) is 18.4 Å². The van der Waals surface area contributed by atoms with Crippen molar-refractivity contribution in [2.75, 3.05) is 24.6 Å². The van der Waals surface area contributed by atoms with Gasteiger partial charge in [-0.3, -0.25) is 14.5 Å². The SMILES string of the molecule is C=C(C)C(=O)OCCN(c1ccc2c3c(cccc13)C(=O)N(CCCCCC)C2=O)C1CCCCC1. The molecule has 6 nitrogen and oxygen atoms in total. The Balaban J connectivity index is 1.67. The Morgan fingerprint density at radius 3 is 2.44 bits per heavy atom. The van der Waals surface area contributed by atoms with Crippen LogP contribution in [0, 0.1) is 0 Å². The summed E-state index contributed by atoms with van der Waals surface area (Å²) in [6.45, 7) is 8.73. The molecule has 2 aromatic rings. The van der Waals surface area contributed by atoms with Crippen LogP contribution in [0.5, 0.6) is 0 Å². The standard InChI is InChI=1S/C30H38N2O4/c1-4-5-6-10-18-32-28(33)24-15-11-14-23-26(17-16-25(27(23)24)29(32)34)31(22-12-8-7-9-13-22)19-20-36-30(35)21(2)3/h11,14-17,22H,2,4-10,12-13,18-20H2,1,3H3. The van der Waals surface area contributed by atoms with Gasteiger partial charge in [0.15, 0.2) is 0 Å². The summed E-state index contributed by atoms with van der Waals surface area (Å²) in [6, 6.07) is 9.97. The molecule has 4 rings (SSSR count). The third kappa shape index (κ3) is 5.32. The highest BCUT2D eigenvalue weighted by atomic mass is 16.5. The molecule has 0 aromatic heterocycles. The van der Waals surface area contributed by atoms with E-state index in [4.69, 9.17) is 4.74 Å². The van der Waals surface area contributed by atoms with E-state index < -0.39 is 0 Å². The second kappa shape index (κ2) is 11.7. The number of ether oxygens (including phenoxy) is 1. The summed E-state index contributed by atoms with van der Waals surface area (Å²) in [6.07, 6.45) is 9.75. The normalized spacial score (nSPS) is 15.9. The van der Waals surface area contributed by atoms with Crippen LogP contribution in [-0.4, -0.2) is 48.4 Å². The molecule has 1 fully saturated rings. The minimum absolute atomic E-state index is 0.202. The van der Waals surface area contributed by atoms with Crippen LogP contribution in [0.15, 0.2) is 42.5 Å². The molecular formula is C30H38N2O4. The van der Waals surface area contributed by atoms with Gasteiger partial charge in [0.2, 0.25) is 0 Å². The summed E-state index contributed by atoms with van der Waals surface area (Å²) in [4.78, 5) is 42.5. The van der Waals surface area contributed by atoms with E-state index in [1.54, 1.807) is 6.92 Å². The molecule has 1 aliphatic carbocycles. The van der Waals surface area contributed by atoms with Crippen molar-refractivity contribution in [2.45, 2.75) is 77.7 Å². The van der Waals surface area contributed by atoms with Crippen LogP contribution in [-0.2, 0) is 9.53 Å². The van der Waals surface area contributed by atoms with Gasteiger partial charge in [0, 0.05) is 45.7 Å². The lowest BCUT2D eigenvalue weighted by molar-refractivity contribution is -0.138. The molecule has 0 radical (unpaired) electrons. The number of carbonyl (C=O) groups is 3. The zero-order valence-corrected chi connectivity index (χ0v) is 21.7.